The molecular weight excluding hydrogens is 288 g/mol. The number of hydrogen-bond acceptors (Lipinski definition) is 4. The van der Waals surface area contributed by atoms with Gasteiger partial charge in [0.1, 0.15) is 12.1 Å². The first-order chi connectivity index (χ1) is 10.9. The maximum atomic E-state index is 12.1. The Labute approximate surface area is 138 Å². The maximum absolute atomic E-state index is 12.1. The topological polar surface area (TPSA) is 58.1 Å². The normalized spacial score (nSPS) is 20.2. The van der Waals surface area contributed by atoms with Gasteiger partial charge in [-0.25, -0.2) is 9.97 Å². The summed E-state index contributed by atoms with van der Waals surface area (Å²) in [6.45, 7) is 7.76. The lowest BCUT2D eigenvalue weighted by atomic mass is 9.83. The van der Waals surface area contributed by atoms with Crippen LogP contribution in [0.5, 0.6) is 0 Å². The molecule has 2 fully saturated rings. The van der Waals surface area contributed by atoms with Crippen LogP contribution in [0.4, 0.5) is 5.82 Å². The second-order valence-corrected chi connectivity index (χ2v) is 7.91. The second-order valence-electron chi connectivity index (χ2n) is 7.91. The third-order valence-corrected chi connectivity index (χ3v) is 5.03. The SMILES string of the molecule is CC(C)(C)C(=O)NC1CCN(c2cc(C3CCC3)ncn2)CC1. The highest BCUT2D eigenvalue weighted by molar-refractivity contribution is 5.81. The Kier molecular flexibility index (Phi) is 4.55. The van der Waals surface area contributed by atoms with E-state index in [9.17, 15) is 4.79 Å². The molecule has 1 aliphatic carbocycles. The first kappa shape index (κ1) is 16.2. The lowest BCUT2D eigenvalue weighted by Gasteiger charge is -2.34. The van der Waals surface area contributed by atoms with Gasteiger partial charge in [-0.15, -0.1) is 0 Å². The van der Waals surface area contributed by atoms with E-state index in [1.165, 1.54) is 25.0 Å². The molecule has 0 radical (unpaired) electrons. The summed E-state index contributed by atoms with van der Waals surface area (Å²) in [6, 6.07) is 2.45. The average molecular weight is 316 g/mol. The molecule has 2 aliphatic rings. The lowest BCUT2D eigenvalue weighted by molar-refractivity contribution is -0.129. The Morgan fingerprint density at radius 1 is 1.17 bits per heavy atom. The molecule has 1 aliphatic heterocycles. The van der Waals surface area contributed by atoms with E-state index in [4.69, 9.17) is 0 Å². The molecular formula is C18H28N4O. The van der Waals surface area contributed by atoms with Crippen LogP contribution in [-0.4, -0.2) is 35.0 Å². The van der Waals surface area contributed by atoms with Gasteiger partial charge in [-0.2, -0.15) is 0 Å². The van der Waals surface area contributed by atoms with E-state index in [2.05, 4.69) is 26.3 Å². The zero-order valence-corrected chi connectivity index (χ0v) is 14.5. The summed E-state index contributed by atoms with van der Waals surface area (Å²) >= 11 is 0. The molecule has 1 N–H and O–H groups in total. The van der Waals surface area contributed by atoms with Gasteiger partial charge in [-0.3, -0.25) is 4.79 Å². The minimum Gasteiger partial charge on any atom is -0.356 e. The molecule has 1 amide bonds. The fraction of sp³-hybridized carbons (Fsp3) is 0.722. The van der Waals surface area contributed by atoms with Gasteiger partial charge in [0.2, 0.25) is 5.91 Å². The average Bonchev–Trinajstić information content (AvgIpc) is 2.45. The third kappa shape index (κ3) is 3.82. The van der Waals surface area contributed by atoms with Crippen LogP contribution in [0.2, 0.25) is 0 Å². The fourth-order valence-corrected chi connectivity index (χ4v) is 3.12. The van der Waals surface area contributed by atoms with Crippen LogP contribution in [0.15, 0.2) is 12.4 Å². The Morgan fingerprint density at radius 3 is 2.43 bits per heavy atom. The summed E-state index contributed by atoms with van der Waals surface area (Å²) in [7, 11) is 0. The molecule has 5 heteroatoms. The summed E-state index contributed by atoms with van der Waals surface area (Å²) in [5.74, 6) is 1.83. The van der Waals surface area contributed by atoms with Gasteiger partial charge >= 0.3 is 0 Å². The minimum atomic E-state index is -0.318. The Bertz CT molecular complexity index is 554. The van der Waals surface area contributed by atoms with Crippen molar-refractivity contribution in [3.05, 3.63) is 18.1 Å². The van der Waals surface area contributed by atoms with Gasteiger partial charge in [-0.1, -0.05) is 27.2 Å². The molecule has 0 spiro atoms. The van der Waals surface area contributed by atoms with Crippen molar-refractivity contribution in [2.45, 2.75) is 64.8 Å². The van der Waals surface area contributed by atoms with Crippen LogP contribution in [0.3, 0.4) is 0 Å². The number of amides is 1. The molecule has 1 saturated heterocycles. The van der Waals surface area contributed by atoms with Crippen LogP contribution in [0, 0.1) is 5.41 Å². The number of rotatable bonds is 3. The Morgan fingerprint density at radius 2 is 1.87 bits per heavy atom. The van der Waals surface area contributed by atoms with E-state index in [-0.39, 0.29) is 17.4 Å². The van der Waals surface area contributed by atoms with Crippen molar-refractivity contribution in [3.8, 4) is 0 Å². The summed E-state index contributed by atoms with van der Waals surface area (Å²) in [6.07, 6.45) is 7.50. The van der Waals surface area contributed by atoms with E-state index in [0.717, 1.165) is 31.7 Å². The molecule has 5 nitrogen and oxygen atoms in total. The van der Waals surface area contributed by atoms with Crippen molar-refractivity contribution >= 4 is 11.7 Å². The van der Waals surface area contributed by atoms with E-state index in [1.54, 1.807) is 6.33 Å². The number of nitrogens with zero attached hydrogens (tertiary/aromatic N) is 3. The highest BCUT2D eigenvalue weighted by Gasteiger charge is 2.27. The van der Waals surface area contributed by atoms with E-state index in [1.807, 2.05) is 20.8 Å². The predicted octanol–water partition coefficient (Wildman–Crippen LogP) is 2.88. The van der Waals surface area contributed by atoms with Crippen LogP contribution in [0.25, 0.3) is 0 Å². The van der Waals surface area contributed by atoms with Crippen LogP contribution < -0.4 is 10.2 Å². The van der Waals surface area contributed by atoms with Crippen molar-refractivity contribution in [3.63, 3.8) is 0 Å². The summed E-state index contributed by atoms with van der Waals surface area (Å²) in [5, 5.41) is 3.18. The zero-order chi connectivity index (χ0) is 16.4. The van der Waals surface area contributed by atoms with Crippen molar-refractivity contribution < 1.29 is 4.79 Å². The van der Waals surface area contributed by atoms with Crippen molar-refractivity contribution in [2.24, 2.45) is 5.41 Å². The molecule has 1 aromatic heterocycles. The fourth-order valence-electron chi connectivity index (χ4n) is 3.12. The van der Waals surface area contributed by atoms with Crippen molar-refractivity contribution in [1.29, 1.82) is 0 Å². The number of carbonyl (C=O) groups is 1. The van der Waals surface area contributed by atoms with Crippen molar-refractivity contribution in [1.82, 2.24) is 15.3 Å². The number of hydrogen-bond donors (Lipinski definition) is 1. The van der Waals surface area contributed by atoms with E-state index in [0.29, 0.717) is 5.92 Å². The van der Waals surface area contributed by atoms with Crippen LogP contribution in [-0.2, 0) is 4.79 Å². The monoisotopic (exact) mass is 316 g/mol. The first-order valence-electron chi connectivity index (χ1n) is 8.81. The highest BCUT2D eigenvalue weighted by Crippen LogP contribution is 2.36. The number of anilines is 1. The second kappa shape index (κ2) is 6.46. The molecule has 1 saturated carbocycles. The highest BCUT2D eigenvalue weighted by atomic mass is 16.2. The standard InChI is InChI=1S/C18H28N4O/c1-18(2,3)17(23)21-14-7-9-22(10-8-14)16-11-15(19-12-20-16)13-5-4-6-13/h11-14H,4-10H2,1-3H3,(H,21,23). The minimum absolute atomic E-state index is 0.144. The molecule has 126 valence electrons. The quantitative estimate of drug-likeness (QED) is 0.931. The number of aromatic nitrogens is 2. The van der Waals surface area contributed by atoms with Gasteiger partial charge in [0.15, 0.2) is 0 Å². The predicted molar refractivity (Wildman–Crippen MR) is 91.5 cm³/mol. The molecule has 3 rings (SSSR count). The van der Waals surface area contributed by atoms with E-state index >= 15 is 0 Å². The lowest BCUT2D eigenvalue weighted by Crippen LogP contribution is -2.48. The van der Waals surface area contributed by atoms with Crippen molar-refractivity contribution in [2.75, 3.05) is 18.0 Å². The molecule has 0 aromatic carbocycles. The Hall–Kier alpha value is -1.65. The smallest absolute Gasteiger partial charge is 0.225 e. The first-order valence-corrected chi connectivity index (χ1v) is 8.81. The summed E-state index contributed by atoms with van der Waals surface area (Å²) in [5.41, 5.74) is 0.881. The zero-order valence-electron chi connectivity index (χ0n) is 14.5. The number of carbonyl (C=O) groups excluding carboxylic acids is 1. The van der Waals surface area contributed by atoms with Gasteiger partial charge in [0.05, 0.1) is 0 Å². The van der Waals surface area contributed by atoms with Crippen LogP contribution in [0.1, 0.15) is 64.5 Å². The molecule has 0 bridgehead atoms. The third-order valence-electron chi connectivity index (χ3n) is 5.03. The molecule has 0 unspecified atom stereocenters. The van der Waals surface area contributed by atoms with Gasteiger partial charge in [-0.05, 0) is 25.7 Å². The molecule has 2 heterocycles. The maximum Gasteiger partial charge on any atom is 0.225 e. The Balaban J connectivity index is 1.55. The summed E-state index contributed by atoms with van der Waals surface area (Å²) < 4.78 is 0. The summed E-state index contributed by atoms with van der Waals surface area (Å²) in [4.78, 5) is 23.3. The largest absolute Gasteiger partial charge is 0.356 e. The number of nitrogens with one attached hydrogen (secondary N) is 1. The van der Waals surface area contributed by atoms with Gasteiger partial charge < -0.3 is 10.2 Å². The van der Waals surface area contributed by atoms with Gasteiger partial charge in [0.25, 0.3) is 0 Å². The van der Waals surface area contributed by atoms with Gasteiger partial charge in [0, 0.05) is 42.2 Å². The molecule has 1 aromatic rings. The van der Waals surface area contributed by atoms with E-state index < -0.39 is 0 Å². The molecule has 23 heavy (non-hydrogen) atoms. The number of piperidine rings is 1. The molecule has 0 atom stereocenters. The van der Waals surface area contributed by atoms with Crippen LogP contribution >= 0.6 is 0 Å².